The van der Waals surface area contributed by atoms with E-state index in [0.29, 0.717) is 16.3 Å². The van der Waals surface area contributed by atoms with Crippen LogP contribution in [-0.2, 0) is 10.0 Å². The molecule has 3 rings (SSSR count). The molecule has 0 aliphatic carbocycles. The second-order valence-corrected chi connectivity index (χ2v) is 8.49. The second-order valence-electron chi connectivity index (χ2n) is 5.34. The number of thiazole rings is 1. The third-order valence-corrected chi connectivity index (χ3v) is 6.02. The van der Waals surface area contributed by atoms with E-state index in [9.17, 15) is 8.42 Å². The Hall–Kier alpha value is -1.89. The Balaban J connectivity index is 1.86. The first-order chi connectivity index (χ1) is 11.3. The molecule has 0 atom stereocenters. The molecule has 0 spiro atoms. The van der Waals surface area contributed by atoms with Crippen LogP contribution in [0.2, 0.25) is 5.02 Å². The van der Waals surface area contributed by atoms with Crippen molar-refractivity contribution in [3.8, 4) is 11.3 Å². The van der Waals surface area contributed by atoms with Crippen LogP contribution in [0.15, 0.2) is 52.7 Å². The van der Waals surface area contributed by atoms with Crippen molar-refractivity contribution in [3.05, 3.63) is 63.4 Å². The predicted molar refractivity (Wildman–Crippen MR) is 99.3 cm³/mol. The highest BCUT2D eigenvalue weighted by Crippen LogP contribution is 2.26. The monoisotopic (exact) mass is 378 g/mol. The summed E-state index contributed by atoms with van der Waals surface area (Å²) in [5.74, 6) is 0. The lowest BCUT2D eigenvalue weighted by Crippen LogP contribution is -2.14. The number of hydrogen-bond donors (Lipinski definition) is 1. The molecule has 1 N–H and O–H groups in total. The third-order valence-electron chi connectivity index (χ3n) is 3.49. The smallest absolute Gasteiger partial charge is 0.262 e. The second kappa shape index (κ2) is 6.55. The lowest BCUT2D eigenvalue weighted by atomic mass is 10.1. The zero-order valence-corrected chi connectivity index (χ0v) is 15.5. The molecule has 0 aliphatic heterocycles. The quantitative estimate of drug-likeness (QED) is 0.703. The fourth-order valence-electron chi connectivity index (χ4n) is 2.28. The molecule has 0 saturated carbocycles. The van der Waals surface area contributed by atoms with Crippen molar-refractivity contribution in [2.75, 3.05) is 4.72 Å². The lowest BCUT2D eigenvalue weighted by molar-refractivity contribution is 0.600. The molecule has 1 heterocycles. The zero-order chi connectivity index (χ0) is 17.3. The molecule has 3 aromatic rings. The van der Waals surface area contributed by atoms with E-state index in [2.05, 4.69) is 9.71 Å². The molecule has 0 fully saturated rings. The molecule has 7 heteroatoms. The SMILES string of the molecule is Cc1nc(-c2ccc(NS(=O)(=O)c3cc(Cl)ccc3C)cc2)cs1. The van der Waals surface area contributed by atoms with Gasteiger partial charge in [0.15, 0.2) is 0 Å². The highest BCUT2D eigenvalue weighted by atomic mass is 35.5. The van der Waals surface area contributed by atoms with Crippen LogP contribution in [0.3, 0.4) is 0 Å². The van der Waals surface area contributed by atoms with E-state index in [4.69, 9.17) is 11.6 Å². The van der Waals surface area contributed by atoms with Gasteiger partial charge in [-0.05, 0) is 43.7 Å². The van der Waals surface area contributed by atoms with Crippen LogP contribution in [-0.4, -0.2) is 13.4 Å². The summed E-state index contributed by atoms with van der Waals surface area (Å²) in [6.45, 7) is 3.68. The number of hydrogen-bond acceptors (Lipinski definition) is 4. The molecule has 0 amide bonds. The van der Waals surface area contributed by atoms with Crippen molar-refractivity contribution < 1.29 is 8.42 Å². The first-order valence-corrected chi connectivity index (χ1v) is 9.91. The number of nitrogens with zero attached hydrogens (tertiary/aromatic N) is 1. The Morgan fingerprint density at radius 1 is 1.08 bits per heavy atom. The van der Waals surface area contributed by atoms with Crippen LogP contribution in [0, 0.1) is 13.8 Å². The van der Waals surface area contributed by atoms with E-state index in [0.717, 1.165) is 16.3 Å². The average molecular weight is 379 g/mol. The lowest BCUT2D eigenvalue weighted by Gasteiger charge is -2.11. The largest absolute Gasteiger partial charge is 0.280 e. The molecule has 0 aliphatic rings. The topological polar surface area (TPSA) is 59.1 Å². The van der Waals surface area contributed by atoms with E-state index in [-0.39, 0.29) is 4.90 Å². The van der Waals surface area contributed by atoms with E-state index < -0.39 is 10.0 Å². The van der Waals surface area contributed by atoms with Crippen molar-refractivity contribution in [2.45, 2.75) is 18.7 Å². The van der Waals surface area contributed by atoms with Gasteiger partial charge in [-0.1, -0.05) is 29.8 Å². The summed E-state index contributed by atoms with van der Waals surface area (Å²) in [5, 5.41) is 3.35. The van der Waals surface area contributed by atoms with Crippen molar-refractivity contribution in [3.63, 3.8) is 0 Å². The fourth-order valence-corrected chi connectivity index (χ4v) is 4.47. The van der Waals surface area contributed by atoms with Gasteiger partial charge in [0.25, 0.3) is 10.0 Å². The number of halogens is 1. The van der Waals surface area contributed by atoms with Crippen LogP contribution < -0.4 is 4.72 Å². The number of aryl methyl sites for hydroxylation is 2. The Morgan fingerprint density at radius 2 is 1.79 bits per heavy atom. The third kappa shape index (κ3) is 3.61. The first-order valence-electron chi connectivity index (χ1n) is 7.17. The number of sulfonamides is 1. The standard InChI is InChI=1S/C17H15ClN2O2S2/c1-11-3-6-14(18)9-17(11)24(21,22)20-15-7-4-13(5-8-15)16-10-23-12(2)19-16/h3-10,20H,1-2H3. The maximum atomic E-state index is 12.6. The minimum atomic E-state index is -3.69. The molecular formula is C17H15ClN2O2S2. The highest BCUT2D eigenvalue weighted by Gasteiger charge is 2.17. The minimum absolute atomic E-state index is 0.175. The van der Waals surface area contributed by atoms with E-state index in [1.807, 2.05) is 24.4 Å². The number of anilines is 1. The van der Waals surface area contributed by atoms with Gasteiger partial charge in [0.2, 0.25) is 0 Å². The Kier molecular flexibility index (Phi) is 4.62. The zero-order valence-electron chi connectivity index (χ0n) is 13.1. The molecule has 0 unspecified atom stereocenters. The van der Waals surface area contributed by atoms with Crippen LogP contribution in [0.4, 0.5) is 5.69 Å². The van der Waals surface area contributed by atoms with E-state index in [1.54, 1.807) is 42.5 Å². The average Bonchev–Trinajstić information content (AvgIpc) is 2.96. The van der Waals surface area contributed by atoms with Gasteiger partial charge in [-0.15, -0.1) is 11.3 Å². The van der Waals surface area contributed by atoms with Crippen LogP contribution >= 0.6 is 22.9 Å². The van der Waals surface area contributed by atoms with Gasteiger partial charge in [-0.25, -0.2) is 13.4 Å². The predicted octanol–water partition coefficient (Wildman–Crippen LogP) is 4.88. The summed E-state index contributed by atoms with van der Waals surface area (Å²) >= 11 is 7.50. The molecule has 0 saturated heterocycles. The van der Waals surface area contributed by atoms with Crippen LogP contribution in [0.5, 0.6) is 0 Å². The van der Waals surface area contributed by atoms with Gasteiger partial charge in [0.05, 0.1) is 15.6 Å². The van der Waals surface area contributed by atoms with Crippen LogP contribution in [0.1, 0.15) is 10.6 Å². The summed E-state index contributed by atoms with van der Waals surface area (Å²) < 4.78 is 27.7. The van der Waals surface area contributed by atoms with E-state index >= 15 is 0 Å². The summed E-state index contributed by atoms with van der Waals surface area (Å²) in [7, 11) is -3.69. The molecule has 2 aromatic carbocycles. The maximum Gasteiger partial charge on any atom is 0.262 e. The van der Waals surface area contributed by atoms with Gasteiger partial charge >= 0.3 is 0 Å². The van der Waals surface area contributed by atoms with Crippen molar-refractivity contribution in [1.29, 1.82) is 0 Å². The maximum absolute atomic E-state index is 12.6. The molecule has 0 radical (unpaired) electrons. The number of benzene rings is 2. The Bertz CT molecular complexity index is 980. The minimum Gasteiger partial charge on any atom is -0.280 e. The van der Waals surface area contributed by atoms with Gasteiger partial charge < -0.3 is 0 Å². The van der Waals surface area contributed by atoms with Crippen molar-refractivity contribution in [1.82, 2.24) is 4.98 Å². The number of nitrogens with one attached hydrogen (secondary N) is 1. The normalized spacial score (nSPS) is 11.5. The molecule has 1 aromatic heterocycles. The summed E-state index contributed by atoms with van der Waals surface area (Å²) in [6, 6.07) is 11.9. The van der Waals surface area contributed by atoms with Gasteiger partial charge in [-0.2, -0.15) is 0 Å². The molecule has 0 bridgehead atoms. The fraction of sp³-hybridized carbons (Fsp3) is 0.118. The Morgan fingerprint density at radius 3 is 2.42 bits per heavy atom. The molecule has 4 nitrogen and oxygen atoms in total. The van der Waals surface area contributed by atoms with Crippen molar-refractivity contribution >= 4 is 38.6 Å². The van der Waals surface area contributed by atoms with E-state index in [1.165, 1.54) is 6.07 Å². The summed E-state index contributed by atoms with van der Waals surface area (Å²) in [4.78, 5) is 4.59. The number of rotatable bonds is 4. The van der Waals surface area contributed by atoms with Crippen LogP contribution in [0.25, 0.3) is 11.3 Å². The molecule has 124 valence electrons. The number of aromatic nitrogens is 1. The van der Waals surface area contributed by atoms with Gasteiger partial charge in [0, 0.05) is 21.7 Å². The van der Waals surface area contributed by atoms with Crippen molar-refractivity contribution in [2.24, 2.45) is 0 Å². The molecular weight excluding hydrogens is 364 g/mol. The Labute approximate surface area is 150 Å². The molecule has 24 heavy (non-hydrogen) atoms. The summed E-state index contributed by atoms with van der Waals surface area (Å²) in [5.41, 5.74) is 2.96. The highest BCUT2D eigenvalue weighted by molar-refractivity contribution is 7.92. The van der Waals surface area contributed by atoms with Gasteiger partial charge in [0.1, 0.15) is 0 Å². The first kappa shape index (κ1) is 17.0. The summed E-state index contributed by atoms with van der Waals surface area (Å²) in [6.07, 6.45) is 0. The van der Waals surface area contributed by atoms with Gasteiger partial charge in [-0.3, -0.25) is 4.72 Å².